The summed E-state index contributed by atoms with van der Waals surface area (Å²) in [7, 11) is 0. The lowest BCUT2D eigenvalue weighted by molar-refractivity contribution is -0.140. The van der Waals surface area contributed by atoms with E-state index in [4.69, 9.17) is 13.9 Å². The van der Waals surface area contributed by atoms with Gasteiger partial charge in [-0.15, -0.1) is 0 Å². The quantitative estimate of drug-likeness (QED) is 0.843. The topological polar surface area (TPSA) is 56.5 Å². The fourth-order valence-corrected chi connectivity index (χ4v) is 4.03. The number of nitrogens with one attached hydrogen (secondary N) is 1. The minimum absolute atomic E-state index is 0.0618. The van der Waals surface area contributed by atoms with Crippen molar-refractivity contribution in [2.24, 2.45) is 0 Å². The van der Waals surface area contributed by atoms with Gasteiger partial charge in [-0.3, -0.25) is 0 Å². The molecule has 1 aromatic carbocycles. The summed E-state index contributed by atoms with van der Waals surface area (Å²) in [5, 5.41) is 3.72. The molecule has 4 rings (SSSR count). The molecule has 25 heavy (non-hydrogen) atoms. The maximum Gasteiger partial charge on any atom is 0.195 e. The summed E-state index contributed by atoms with van der Waals surface area (Å²) in [6.45, 7) is 5.61. The first-order chi connectivity index (χ1) is 12.2. The maximum atomic E-state index is 6.11. The van der Waals surface area contributed by atoms with Gasteiger partial charge < -0.3 is 19.2 Å². The Morgan fingerprint density at radius 3 is 3.00 bits per heavy atom. The highest BCUT2D eigenvalue weighted by molar-refractivity contribution is 5.73. The van der Waals surface area contributed by atoms with E-state index in [1.165, 1.54) is 5.56 Å². The molecule has 1 N–H and O–H groups in total. The molecule has 2 fully saturated rings. The Morgan fingerprint density at radius 1 is 1.24 bits per heavy atom. The van der Waals surface area contributed by atoms with Crippen molar-refractivity contribution in [3.63, 3.8) is 0 Å². The average molecular weight is 344 g/mol. The predicted molar refractivity (Wildman–Crippen MR) is 96.8 cm³/mol. The van der Waals surface area contributed by atoms with Crippen molar-refractivity contribution in [3.05, 3.63) is 29.7 Å². The van der Waals surface area contributed by atoms with E-state index in [9.17, 15) is 0 Å². The molecular weight excluding hydrogens is 316 g/mol. The SMILES string of the molecule is Cc1ccc2nc(CCCNC3CCOC4(CCOCC4)C3)oc2c1. The van der Waals surface area contributed by atoms with Crippen LogP contribution in [-0.4, -0.2) is 43.0 Å². The molecule has 2 saturated heterocycles. The summed E-state index contributed by atoms with van der Waals surface area (Å²) in [6, 6.07) is 6.72. The number of ether oxygens (including phenoxy) is 2. The van der Waals surface area contributed by atoms with Gasteiger partial charge in [0, 0.05) is 32.3 Å². The summed E-state index contributed by atoms with van der Waals surface area (Å²) >= 11 is 0. The van der Waals surface area contributed by atoms with Gasteiger partial charge in [0.1, 0.15) is 5.52 Å². The van der Waals surface area contributed by atoms with Crippen molar-refractivity contribution in [2.75, 3.05) is 26.4 Å². The van der Waals surface area contributed by atoms with Crippen LogP contribution < -0.4 is 5.32 Å². The predicted octanol–water partition coefficient (Wildman–Crippen LogP) is 3.39. The second kappa shape index (κ2) is 7.44. The third-order valence-electron chi connectivity index (χ3n) is 5.49. The van der Waals surface area contributed by atoms with E-state index in [-0.39, 0.29) is 5.60 Å². The van der Waals surface area contributed by atoms with Crippen molar-refractivity contribution >= 4 is 11.1 Å². The molecule has 2 aliphatic heterocycles. The average Bonchev–Trinajstić information content (AvgIpc) is 3.01. The number of oxazole rings is 1. The van der Waals surface area contributed by atoms with E-state index in [0.717, 1.165) is 81.9 Å². The number of rotatable bonds is 5. The summed E-state index contributed by atoms with van der Waals surface area (Å²) in [5.74, 6) is 0.843. The number of aromatic nitrogens is 1. The lowest BCUT2D eigenvalue weighted by Crippen LogP contribution is -2.50. The Hall–Kier alpha value is -1.43. The van der Waals surface area contributed by atoms with Crippen LogP contribution in [0.4, 0.5) is 0 Å². The molecule has 1 atom stereocenters. The monoisotopic (exact) mass is 344 g/mol. The molecule has 5 heteroatoms. The first-order valence-corrected chi connectivity index (χ1v) is 9.54. The van der Waals surface area contributed by atoms with Gasteiger partial charge in [0.25, 0.3) is 0 Å². The number of aryl methyl sites for hydroxylation is 2. The highest BCUT2D eigenvalue weighted by atomic mass is 16.5. The van der Waals surface area contributed by atoms with E-state index < -0.39 is 0 Å². The van der Waals surface area contributed by atoms with Crippen molar-refractivity contribution in [1.82, 2.24) is 10.3 Å². The summed E-state index contributed by atoms with van der Waals surface area (Å²) < 4.78 is 17.5. The molecule has 2 aliphatic rings. The number of benzene rings is 1. The molecule has 5 nitrogen and oxygen atoms in total. The Bertz CT molecular complexity index is 701. The number of fused-ring (bicyclic) bond motifs is 1. The zero-order valence-electron chi connectivity index (χ0n) is 15.1. The summed E-state index contributed by atoms with van der Waals surface area (Å²) in [5.41, 5.74) is 3.12. The summed E-state index contributed by atoms with van der Waals surface area (Å²) in [6.07, 6.45) is 6.20. The van der Waals surface area contributed by atoms with Crippen LogP contribution in [0.2, 0.25) is 0 Å². The van der Waals surface area contributed by atoms with Crippen LogP contribution in [-0.2, 0) is 15.9 Å². The third-order valence-corrected chi connectivity index (χ3v) is 5.49. The lowest BCUT2D eigenvalue weighted by Gasteiger charge is -2.43. The van der Waals surface area contributed by atoms with Gasteiger partial charge in [0.05, 0.1) is 5.60 Å². The zero-order chi connectivity index (χ0) is 17.1. The van der Waals surface area contributed by atoms with Crippen molar-refractivity contribution in [3.8, 4) is 0 Å². The van der Waals surface area contributed by atoms with Gasteiger partial charge in [-0.1, -0.05) is 6.07 Å². The lowest BCUT2D eigenvalue weighted by atomic mass is 9.84. The van der Waals surface area contributed by atoms with E-state index in [1.807, 2.05) is 6.07 Å². The smallest absolute Gasteiger partial charge is 0.195 e. The van der Waals surface area contributed by atoms with E-state index >= 15 is 0 Å². The van der Waals surface area contributed by atoms with Crippen LogP contribution in [0.25, 0.3) is 11.1 Å². The molecular formula is C20H28N2O3. The van der Waals surface area contributed by atoms with Crippen LogP contribution in [0.3, 0.4) is 0 Å². The molecule has 3 heterocycles. The largest absolute Gasteiger partial charge is 0.441 e. The first-order valence-electron chi connectivity index (χ1n) is 9.54. The van der Waals surface area contributed by atoms with Crippen molar-refractivity contribution in [2.45, 2.75) is 57.1 Å². The van der Waals surface area contributed by atoms with Gasteiger partial charge in [-0.2, -0.15) is 0 Å². The van der Waals surface area contributed by atoms with Gasteiger partial charge >= 0.3 is 0 Å². The second-order valence-corrected chi connectivity index (χ2v) is 7.47. The normalized spacial score (nSPS) is 23.3. The second-order valence-electron chi connectivity index (χ2n) is 7.47. The van der Waals surface area contributed by atoms with Gasteiger partial charge in [0.2, 0.25) is 0 Å². The Balaban J connectivity index is 1.24. The highest BCUT2D eigenvalue weighted by Gasteiger charge is 2.38. The molecule has 1 spiro atoms. The van der Waals surface area contributed by atoms with Crippen molar-refractivity contribution in [1.29, 1.82) is 0 Å². The fourth-order valence-electron chi connectivity index (χ4n) is 4.03. The van der Waals surface area contributed by atoms with Crippen LogP contribution in [0.5, 0.6) is 0 Å². The molecule has 2 aromatic rings. The van der Waals surface area contributed by atoms with E-state index in [2.05, 4.69) is 29.4 Å². The molecule has 1 aromatic heterocycles. The van der Waals surface area contributed by atoms with Crippen LogP contribution in [0, 0.1) is 6.92 Å². The maximum absolute atomic E-state index is 6.11. The minimum Gasteiger partial charge on any atom is -0.441 e. The molecule has 0 saturated carbocycles. The van der Waals surface area contributed by atoms with Crippen LogP contribution in [0.15, 0.2) is 22.6 Å². The minimum atomic E-state index is 0.0618. The summed E-state index contributed by atoms with van der Waals surface area (Å²) in [4.78, 5) is 4.58. The molecule has 1 unspecified atom stereocenters. The Morgan fingerprint density at radius 2 is 2.12 bits per heavy atom. The Labute approximate surface area is 149 Å². The molecule has 0 aliphatic carbocycles. The van der Waals surface area contributed by atoms with E-state index in [0.29, 0.717) is 6.04 Å². The zero-order valence-corrected chi connectivity index (χ0v) is 15.1. The fraction of sp³-hybridized carbons (Fsp3) is 0.650. The van der Waals surface area contributed by atoms with Crippen LogP contribution >= 0.6 is 0 Å². The van der Waals surface area contributed by atoms with Gasteiger partial charge in [-0.25, -0.2) is 4.98 Å². The molecule has 0 amide bonds. The third kappa shape index (κ3) is 4.05. The standard InChI is InChI=1S/C20H28N2O3/c1-15-4-5-17-18(13-15)25-19(22-17)3-2-9-21-16-6-10-24-20(14-16)7-11-23-12-8-20/h4-5,13,16,21H,2-3,6-12,14H2,1H3. The number of nitrogens with zero attached hydrogens (tertiary/aromatic N) is 1. The van der Waals surface area contributed by atoms with E-state index in [1.54, 1.807) is 0 Å². The van der Waals surface area contributed by atoms with Gasteiger partial charge in [0.15, 0.2) is 11.5 Å². The van der Waals surface area contributed by atoms with Crippen LogP contribution in [0.1, 0.15) is 43.6 Å². The Kier molecular flexibility index (Phi) is 5.06. The first kappa shape index (κ1) is 17.0. The molecule has 0 radical (unpaired) electrons. The van der Waals surface area contributed by atoms with Crippen molar-refractivity contribution < 1.29 is 13.9 Å². The van der Waals surface area contributed by atoms with Gasteiger partial charge in [-0.05, 0) is 63.3 Å². The molecule has 0 bridgehead atoms. The highest BCUT2D eigenvalue weighted by Crippen LogP contribution is 2.34. The molecule has 136 valence electrons. The number of hydrogen-bond donors (Lipinski definition) is 1. The number of hydrogen-bond acceptors (Lipinski definition) is 5.